The molecule has 0 radical (unpaired) electrons. The zero-order chi connectivity index (χ0) is 14.5. The van der Waals surface area contributed by atoms with Crippen molar-refractivity contribution in [3.8, 4) is 0 Å². The SMILES string of the molecule is NCc1ccccc1CCN1CCCc2ccccc2C1. The highest BCUT2D eigenvalue weighted by atomic mass is 15.1. The van der Waals surface area contributed by atoms with E-state index in [9.17, 15) is 0 Å². The van der Waals surface area contributed by atoms with E-state index in [0.717, 1.165) is 19.5 Å². The molecule has 0 fully saturated rings. The molecule has 2 heteroatoms. The molecule has 0 spiro atoms. The first-order valence-electron chi connectivity index (χ1n) is 7.93. The van der Waals surface area contributed by atoms with Gasteiger partial charge in [-0.1, -0.05) is 48.5 Å². The largest absolute Gasteiger partial charge is 0.326 e. The van der Waals surface area contributed by atoms with Crippen molar-refractivity contribution in [2.45, 2.75) is 32.4 Å². The summed E-state index contributed by atoms with van der Waals surface area (Å²) < 4.78 is 0. The number of benzene rings is 2. The molecule has 0 atom stereocenters. The number of hydrogen-bond donors (Lipinski definition) is 1. The molecule has 0 saturated carbocycles. The van der Waals surface area contributed by atoms with Crippen LogP contribution in [0.2, 0.25) is 0 Å². The third kappa shape index (κ3) is 3.52. The minimum Gasteiger partial charge on any atom is -0.326 e. The van der Waals surface area contributed by atoms with Crippen molar-refractivity contribution in [3.63, 3.8) is 0 Å². The van der Waals surface area contributed by atoms with Crippen LogP contribution in [0.5, 0.6) is 0 Å². The topological polar surface area (TPSA) is 29.3 Å². The monoisotopic (exact) mass is 280 g/mol. The Hall–Kier alpha value is -1.64. The first kappa shape index (κ1) is 14.3. The molecule has 2 N–H and O–H groups in total. The Morgan fingerprint density at radius 1 is 0.905 bits per heavy atom. The highest BCUT2D eigenvalue weighted by Crippen LogP contribution is 2.19. The summed E-state index contributed by atoms with van der Waals surface area (Å²) in [4.78, 5) is 2.58. The molecule has 3 rings (SSSR count). The molecule has 1 aliphatic heterocycles. The van der Waals surface area contributed by atoms with Crippen LogP contribution < -0.4 is 5.73 Å². The third-order valence-electron chi connectivity index (χ3n) is 4.47. The maximum atomic E-state index is 5.83. The summed E-state index contributed by atoms with van der Waals surface area (Å²) in [7, 11) is 0. The van der Waals surface area contributed by atoms with Gasteiger partial charge in [0, 0.05) is 19.6 Å². The fourth-order valence-corrected chi connectivity index (χ4v) is 3.24. The molecule has 0 aliphatic carbocycles. The minimum atomic E-state index is 0.638. The lowest BCUT2D eigenvalue weighted by molar-refractivity contribution is 0.273. The maximum Gasteiger partial charge on any atom is 0.0236 e. The molecule has 0 bridgehead atoms. The van der Waals surface area contributed by atoms with Crippen LogP contribution in [-0.4, -0.2) is 18.0 Å². The van der Waals surface area contributed by atoms with E-state index in [1.807, 2.05) is 0 Å². The zero-order valence-corrected chi connectivity index (χ0v) is 12.6. The van der Waals surface area contributed by atoms with Crippen molar-refractivity contribution in [2.24, 2.45) is 5.73 Å². The van der Waals surface area contributed by atoms with Crippen molar-refractivity contribution in [2.75, 3.05) is 13.1 Å². The zero-order valence-electron chi connectivity index (χ0n) is 12.6. The molecule has 2 aromatic rings. The summed E-state index contributed by atoms with van der Waals surface area (Å²) in [6, 6.07) is 17.4. The van der Waals surface area contributed by atoms with Crippen molar-refractivity contribution in [1.82, 2.24) is 4.90 Å². The fourth-order valence-electron chi connectivity index (χ4n) is 3.24. The summed E-state index contributed by atoms with van der Waals surface area (Å²) in [6.07, 6.45) is 3.57. The Kier molecular flexibility index (Phi) is 4.69. The summed E-state index contributed by atoms with van der Waals surface area (Å²) in [5.41, 5.74) is 11.6. The summed E-state index contributed by atoms with van der Waals surface area (Å²) in [6.45, 7) is 4.03. The van der Waals surface area contributed by atoms with Crippen LogP contribution in [0, 0.1) is 0 Å². The Bertz CT molecular complexity index is 592. The summed E-state index contributed by atoms with van der Waals surface area (Å²) in [5, 5.41) is 0. The molecule has 0 unspecified atom stereocenters. The molecule has 0 amide bonds. The summed E-state index contributed by atoms with van der Waals surface area (Å²) in [5.74, 6) is 0. The minimum absolute atomic E-state index is 0.638. The van der Waals surface area contributed by atoms with E-state index >= 15 is 0 Å². The van der Waals surface area contributed by atoms with Gasteiger partial charge in [0.05, 0.1) is 0 Å². The molecule has 2 nitrogen and oxygen atoms in total. The van der Waals surface area contributed by atoms with Gasteiger partial charge < -0.3 is 5.73 Å². The lowest BCUT2D eigenvalue weighted by atomic mass is 10.0. The van der Waals surface area contributed by atoms with Gasteiger partial charge in [0.25, 0.3) is 0 Å². The number of rotatable bonds is 4. The highest BCUT2D eigenvalue weighted by molar-refractivity contribution is 5.29. The van der Waals surface area contributed by atoms with Crippen LogP contribution in [0.25, 0.3) is 0 Å². The maximum absolute atomic E-state index is 5.83. The second-order valence-electron chi connectivity index (χ2n) is 5.87. The molecular formula is C19H24N2. The van der Waals surface area contributed by atoms with Crippen molar-refractivity contribution >= 4 is 0 Å². The standard InChI is InChI=1S/C19H24N2/c20-14-18-8-3-1-7-17(18)11-13-21-12-5-10-16-6-2-4-9-19(16)15-21/h1-4,6-9H,5,10-15,20H2. The lowest BCUT2D eigenvalue weighted by Gasteiger charge is -2.21. The predicted octanol–water partition coefficient (Wildman–Crippen LogP) is 3.14. The number of aryl methyl sites for hydroxylation is 1. The Morgan fingerprint density at radius 3 is 2.43 bits per heavy atom. The molecule has 1 aliphatic rings. The normalized spacial score (nSPS) is 15.5. The Balaban J connectivity index is 1.66. The van der Waals surface area contributed by atoms with Gasteiger partial charge in [-0.05, 0) is 48.1 Å². The number of nitrogens with zero attached hydrogens (tertiary/aromatic N) is 1. The van der Waals surface area contributed by atoms with E-state index in [1.165, 1.54) is 41.6 Å². The fraction of sp³-hybridized carbons (Fsp3) is 0.368. The van der Waals surface area contributed by atoms with Gasteiger partial charge in [-0.25, -0.2) is 0 Å². The Labute approximate surface area is 127 Å². The van der Waals surface area contributed by atoms with Gasteiger partial charge in [0.1, 0.15) is 0 Å². The van der Waals surface area contributed by atoms with Gasteiger partial charge in [0.2, 0.25) is 0 Å². The summed E-state index contributed by atoms with van der Waals surface area (Å²) >= 11 is 0. The van der Waals surface area contributed by atoms with E-state index in [2.05, 4.69) is 53.4 Å². The van der Waals surface area contributed by atoms with Crippen LogP contribution in [0.4, 0.5) is 0 Å². The van der Waals surface area contributed by atoms with E-state index in [1.54, 1.807) is 0 Å². The van der Waals surface area contributed by atoms with Gasteiger partial charge in [-0.3, -0.25) is 4.90 Å². The van der Waals surface area contributed by atoms with E-state index < -0.39 is 0 Å². The van der Waals surface area contributed by atoms with Crippen LogP contribution in [0.3, 0.4) is 0 Å². The van der Waals surface area contributed by atoms with E-state index in [-0.39, 0.29) is 0 Å². The number of fused-ring (bicyclic) bond motifs is 1. The van der Waals surface area contributed by atoms with Crippen LogP contribution in [0.1, 0.15) is 28.7 Å². The van der Waals surface area contributed by atoms with Crippen LogP contribution >= 0.6 is 0 Å². The number of nitrogens with two attached hydrogens (primary N) is 1. The Morgan fingerprint density at radius 2 is 1.62 bits per heavy atom. The lowest BCUT2D eigenvalue weighted by Crippen LogP contribution is -2.26. The van der Waals surface area contributed by atoms with Crippen LogP contribution in [-0.2, 0) is 25.9 Å². The molecular weight excluding hydrogens is 256 g/mol. The molecule has 2 aromatic carbocycles. The second-order valence-corrected chi connectivity index (χ2v) is 5.87. The average molecular weight is 280 g/mol. The molecule has 1 heterocycles. The van der Waals surface area contributed by atoms with Crippen molar-refractivity contribution < 1.29 is 0 Å². The van der Waals surface area contributed by atoms with Crippen molar-refractivity contribution in [3.05, 3.63) is 70.8 Å². The molecule has 110 valence electrons. The average Bonchev–Trinajstić information content (AvgIpc) is 2.75. The second kappa shape index (κ2) is 6.88. The van der Waals surface area contributed by atoms with Gasteiger partial charge in [-0.2, -0.15) is 0 Å². The quantitative estimate of drug-likeness (QED) is 0.932. The van der Waals surface area contributed by atoms with E-state index in [4.69, 9.17) is 5.73 Å². The van der Waals surface area contributed by atoms with Gasteiger partial charge >= 0.3 is 0 Å². The van der Waals surface area contributed by atoms with Crippen molar-refractivity contribution in [1.29, 1.82) is 0 Å². The predicted molar refractivity (Wildman–Crippen MR) is 88.1 cm³/mol. The highest BCUT2D eigenvalue weighted by Gasteiger charge is 2.14. The molecule has 0 saturated heterocycles. The molecule has 0 aromatic heterocycles. The number of hydrogen-bond acceptors (Lipinski definition) is 2. The first-order chi connectivity index (χ1) is 10.4. The van der Waals surface area contributed by atoms with E-state index in [0.29, 0.717) is 6.54 Å². The van der Waals surface area contributed by atoms with Gasteiger partial charge in [-0.15, -0.1) is 0 Å². The third-order valence-corrected chi connectivity index (χ3v) is 4.47. The molecule has 21 heavy (non-hydrogen) atoms. The first-order valence-corrected chi connectivity index (χ1v) is 7.93. The smallest absolute Gasteiger partial charge is 0.0236 e. The van der Waals surface area contributed by atoms with Crippen LogP contribution in [0.15, 0.2) is 48.5 Å². The van der Waals surface area contributed by atoms with Gasteiger partial charge in [0.15, 0.2) is 0 Å².